The van der Waals surface area contributed by atoms with E-state index in [-0.39, 0.29) is 4.75 Å². The first kappa shape index (κ1) is 13.6. The van der Waals surface area contributed by atoms with E-state index < -0.39 is 0 Å². The number of para-hydroxylation sites is 1. The molecule has 0 fully saturated rings. The molecule has 20 heavy (non-hydrogen) atoms. The second kappa shape index (κ2) is 5.17. The Morgan fingerprint density at radius 3 is 3.05 bits per heavy atom. The molecule has 4 heteroatoms. The zero-order valence-electron chi connectivity index (χ0n) is 12.3. The van der Waals surface area contributed by atoms with Crippen molar-refractivity contribution < 1.29 is 0 Å². The number of nitrogens with one attached hydrogen (secondary N) is 1. The average Bonchev–Trinajstić information content (AvgIpc) is 3.06. The van der Waals surface area contributed by atoms with Crippen LogP contribution in [0.3, 0.4) is 0 Å². The summed E-state index contributed by atoms with van der Waals surface area (Å²) in [5.74, 6) is 0. The van der Waals surface area contributed by atoms with Crippen molar-refractivity contribution in [1.29, 1.82) is 0 Å². The quantitative estimate of drug-likeness (QED) is 0.930. The molecule has 1 aromatic heterocycles. The number of thioether (sulfide) groups is 1. The summed E-state index contributed by atoms with van der Waals surface area (Å²) >= 11 is 1.89. The first-order valence-corrected chi connectivity index (χ1v) is 8.24. The van der Waals surface area contributed by atoms with Crippen molar-refractivity contribution in [2.75, 3.05) is 18.1 Å². The Balaban J connectivity index is 2.00. The van der Waals surface area contributed by atoms with Crippen molar-refractivity contribution in [3.8, 4) is 11.3 Å². The van der Waals surface area contributed by atoms with Crippen molar-refractivity contribution in [1.82, 2.24) is 9.55 Å². The molecule has 1 aromatic carbocycles. The van der Waals surface area contributed by atoms with E-state index in [0.29, 0.717) is 0 Å². The number of benzene rings is 1. The summed E-state index contributed by atoms with van der Waals surface area (Å²) < 4.78 is 2.48. The van der Waals surface area contributed by atoms with Gasteiger partial charge in [-0.15, -0.1) is 0 Å². The summed E-state index contributed by atoms with van der Waals surface area (Å²) in [7, 11) is 0. The largest absolute Gasteiger partial charge is 0.384 e. The van der Waals surface area contributed by atoms with Gasteiger partial charge in [-0.3, -0.25) is 0 Å². The van der Waals surface area contributed by atoms with Gasteiger partial charge in [0.1, 0.15) is 0 Å². The summed E-state index contributed by atoms with van der Waals surface area (Å²) in [6.45, 7) is 6.55. The first-order valence-electron chi connectivity index (χ1n) is 7.02. The maximum atomic E-state index is 4.37. The minimum absolute atomic E-state index is 0.209. The van der Waals surface area contributed by atoms with Crippen LogP contribution >= 0.6 is 11.8 Å². The number of fused-ring (bicyclic) bond motifs is 1. The van der Waals surface area contributed by atoms with E-state index in [2.05, 4.69) is 53.2 Å². The maximum Gasteiger partial charge on any atom is 0.0951 e. The molecular weight excluding hydrogens is 266 g/mol. The van der Waals surface area contributed by atoms with Gasteiger partial charge >= 0.3 is 0 Å². The van der Waals surface area contributed by atoms with E-state index in [1.807, 2.05) is 24.3 Å². The fraction of sp³-hybridized carbons (Fsp3) is 0.438. The van der Waals surface area contributed by atoms with Crippen LogP contribution in [0, 0.1) is 0 Å². The predicted molar refractivity (Wildman–Crippen MR) is 87.5 cm³/mol. The number of nitrogens with zero attached hydrogens (tertiary/aromatic N) is 2. The molecule has 106 valence electrons. The highest BCUT2D eigenvalue weighted by atomic mass is 32.2. The normalized spacial score (nSPS) is 14.2. The van der Waals surface area contributed by atoms with Crippen LogP contribution in [0.25, 0.3) is 11.3 Å². The summed E-state index contributed by atoms with van der Waals surface area (Å²) in [6.07, 6.45) is 7.21. The van der Waals surface area contributed by atoms with Gasteiger partial charge in [-0.05, 0) is 32.1 Å². The Morgan fingerprint density at radius 2 is 2.25 bits per heavy atom. The van der Waals surface area contributed by atoms with Gasteiger partial charge in [-0.2, -0.15) is 11.8 Å². The number of hydrogen-bond donors (Lipinski definition) is 1. The lowest BCUT2D eigenvalue weighted by Crippen LogP contribution is -2.22. The number of rotatable bonds is 4. The van der Waals surface area contributed by atoms with Gasteiger partial charge in [-0.25, -0.2) is 4.98 Å². The smallest absolute Gasteiger partial charge is 0.0951 e. The molecule has 1 N–H and O–H groups in total. The summed E-state index contributed by atoms with van der Waals surface area (Å²) in [5.41, 5.74) is 5.18. The molecule has 3 rings (SSSR count). The molecule has 2 heterocycles. The highest BCUT2D eigenvalue weighted by molar-refractivity contribution is 7.99. The molecule has 0 saturated heterocycles. The molecule has 3 nitrogen and oxygen atoms in total. The highest BCUT2D eigenvalue weighted by Crippen LogP contribution is 2.35. The number of hydrogen-bond acceptors (Lipinski definition) is 3. The average molecular weight is 287 g/mol. The van der Waals surface area contributed by atoms with Crippen LogP contribution in [0.15, 0.2) is 30.7 Å². The molecule has 0 unspecified atom stereocenters. The van der Waals surface area contributed by atoms with Crippen LogP contribution in [0.4, 0.5) is 5.69 Å². The minimum Gasteiger partial charge on any atom is -0.384 e. The van der Waals surface area contributed by atoms with E-state index in [9.17, 15) is 0 Å². The molecule has 0 atom stereocenters. The van der Waals surface area contributed by atoms with E-state index in [0.717, 1.165) is 19.5 Å². The lowest BCUT2D eigenvalue weighted by Gasteiger charge is -2.24. The SMILES string of the molecule is CSC(C)(C)Cn1cncc1-c1cccc2c1NCC2. The Bertz CT molecular complexity index is 616. The van der Waals surface area contributed by atoms with Gasteiger partial charge in [0.2, 0.25) is 0 Å². The standard InChI is InChI=1S/C16H21N3S/c1-16(2,20-3)10-19-11-17-9-14(19)13-6-4-5-12-7-8-18-15(12)13/h4-6,9,11,18H,7-8,10H2,1-3H3. The van der Waals surface area contributed by atoms with Crippen molar-refractivity contribution in [3.63, 3.8) is 0 Å². The van der Waals surface area contributed by atoms with Gasteiger partial charge in [0.15, 0.2) is 0 Å². The molecule has 0 spiro atoms. The molecule has 2 aromatic rings. The van der Waals surface area contributed by atoms with Gasteiger partial charge in [0.25, 0.3) is 0 Å². The van der Waals surface area contributed by atoms with E-state index in [1.165, 1.54) is 22.5 Å². The zero-order valence-corrected chi connectivity index (χ0v) is 13.1. The summed E-state index contributed by atoms with van der Waals surface area (Å²) in [4.78, 5) is 4.37. The van der Waals surface area contributed by atoms with E-state index >= 15 is 0 Å². The Hall–Kier alpha value is -1.42. The Morgan fingerprint density at radius 1 is 1.40 bits per heavy atom. The van der Waals surface area contributed by atoms with Crippen LogP contribution in [-0.2, 0) is 13.0 Å². The lowest BCUT2D eigenvalue weighted by molar-refractivity contribution is 0.572. The third-order valence-electron chi connectivity index (χ3n) is 3.94. The highest BCUT2D eigenvalue weighted by Gasteiger charge is 2.21. The van der Waals surface area contributed by atoms with Crippen LogP contribution in [0.1, 0.15) is 19.4 Å². The minimum atomic E-state index is 0.209. The van der Waals surface area contributed by atoms with Crippen molar-refractivity contribution in [2.24, 2.45) is 0 Å². The maximum absolute atomic E-state index is 4.37. The van der Waals surface area contributed by atoms with Crippen LogP contribution < -0.4 is 5.32 Å². The fourth-order valence-electron chi connectivity index (χ4n) is 2.70. The summed E-state index contributed by atoms with van der Waals surface area (Å²) in [6, 6.07) is 6.56. The van der Waals surface area contributed by atoms with E-state index in [1.54, 1.807) is 0 Å². The molecule has 1 aliphatic rings. The molecular formula is C16H21N3S. The van der Waals surface area contributed by atoms with Gasteiger partial charge in [0.05, 0.1) is 18.2 Å². The Labute approximate surface area is 124 Å². The van der Waals surface area contributed by atoms with Crippen LogP contribution in [-0.4, -0.2) is 27.1 Å². The third kappa shape index (κ3) is 2.44. The topological polar surface area (TPSA) is 29.9 Å². The molecule has 0 radical (unpaired) electrons. The third-order valence-corrected chi connectivity index (χ3v) is 5.17. The molecule has 0 saturated carbocycles. The van der Waals surface area contributed by atoms with Gasteiger partial charge in [-0.1, -0.05) is 18.2 Å². The second-order valence-electron chi connectivity index (χ2n) is 5.89. The molecule has 0 aliphatic carbocycles. The monoisotopic (exact) mass is 287 g/mol. The van der Waals surface area contributed by atoms with Gasteiger partial charge < -0.3 is 9.88 Å². The van der Waals surface area contributed by atoms with Crippen LogP contribution in [0.5, 0.6) is 0 Å². The predicted octanol–water partition coefficient (Wildman–Crippen LogP) is 3.66. The molecule has 0 bridgehead atoms. The Kier molecular flexibility index (Phi) is 3.50. The van der Waals surface area contributed by atoms with Gasteiger partial charge in [0, 0.05) is 29.1 Å². The fourth-order valence-corrected chi connectivity index (χ4v) is 2.97. The number of aromatic nitrogens is 2. The zero-order chi connectivity index (χ0) is 14.2. The second-order valence-corrected chi connectivity index (χ2v) is 7.40. The number of imidazole rings is 1. The molecule has 1 aliphatic heterocycles. The molecule has 0 amide bonds. The van der Waals surface area contributed by atoms with Crippen molar-refractivity contribution >= 4 is 17.4 Å². The van der Waals surface area contributed by atoms with Crippen molar-refractivity contribution in [2.45, 2.75) is 31.6 Å². The van der Waals surface area contributed by atoms with Crippen molar-refractivity contribution in [3.05, 3.63) is 36.3 Å². The lowest BCUT2D eigenvalue weighted by atomic mass is 10.0. The van der Waals surface area contributed by atoms with Crippen LogP contribution in [0.2, 0.25) is 0 Å². The van der Waals surface area contributed by atoms with E-state index in [4.69, 9.17) is 0 Å². The number of anilines is 1. The summed E-state index contributed by atoms with van der Waals surface area (Å²) in [5, 5.41) is 3.51. The first-order chi connectivity index (χ1) is 9.61.